The third-order valence-electron chi connectivity index (χ3n) is 6.57. The van der Waals surface area contributed by atoms with Crippen LogP contribution in [0.5, 0.6) is 11.5 Å². The first kappa shape index (κ1) is 25.4. The first-order valence-electron chi connectivity index (χ1n) is 11.6. The van der Waals surface area contributed by atoms with Crippen LogP contribution in [-0.2, 0) is 17.6 Å². The van der Waals surface area contributed by atoms with Crippen molar-refractivity contribution >= 4 is 35.2 Å². The van der Waals surface area contributed by atoms with E-state index in [4.69, 9.17) is 18.9 Å². The number of aromatic nitrogens is 3. The van der Waals surface area contributed by atoms with Gasteiger partial charge >= 0.3 is 0 Å². The van der Waals surface area contributed by atoms with Crippen LogP contribution >= 0.6 is 15.9 Å². The molecule has 0 amide bonds. The van der Waals surface area contributed by atoms with Gasteiger partial charge in [-0.05, 0) is 70.0 Å². The topological polar surface area (TPSA) is 58.4 Å². The second-order valence-electron chi connectivity index (χ2n) is 10.1. The van der Waals surface area contributed by atoms with Crippen LogP contribution in [0.15, 0.2) is 65.3 Å². The van der Waals surface area contributed by atoms with Gasteiger partial charge in [0.1, 0.15) is 18.1 Å². The van der Waals surface area contributed by atoms with Gasteiger partial charge in [-0.15, -0.1) is 0 Å². The third kappa shape index (κ3) is 5.77. The maximum absolute atomic E-state index is 6.38. The summed E-state index contributed by atoms with van der Waals surface area (Å²) in [4.78, 5) is 4.85. The molecule has 4 rings (SSSR count). The summed E-state index contributed by atoms with van der Waals surface area (Å²) in [7, 11) is -0.205. The zero-order valence-corrected chi connectivity index (χ0v) is 23.7. The average molecular weight is 555 g/mol. The molecule has 0 saturated heterocycles. The second kappa shape index (κ2) is 10.1. The molecule has 0 aliphatic carbocycles. The maximum atomic E-state index is 6.38. The van der Waals surface area contributed by atoms with E-state index in [2.05, 4.69) is 54.9 Å². The molecule has 2 heterocycles. The van der Waals surface area contributed by atoms with Gasteiger partial charge in [0.15, 0.2) is 14.1 Å². The summed E-state index contributed by atoms with van der Waals surface area (Å²) in [6, 6.07) is 17.8. The lowest BCUT2D eigenvalue weighted by molar-refractivity contribution is 0.272. The summed E-state index contributed by atoms with van der Waals surface area (Å²) >= 11 is 3.67. The van der Waals surface area contributed by atoms with Gasteiger partial charge in [0.2, 0.25) is 0 Å². The Morgan fingerprint density at radius 1 is 0.971 bits per heavy atom. The monoisotopic (exact) mass is 553 g/mol. The van der Waals surface area contributed by atoms with Gasteiger partial charge in [-0.1, -0.05) is 39.0 Å². The van der Waals surface area contributed by atoms with Crippen molar-refractivity contribution in [2.75, 3.05) is 7.11 Å². The quantitative estimate of drug-likeness (QED) is 0.214. The zero-order valence-electron chi connectivity index (χ0n) is 21.1. The molecule has 2 aromatic heterocycles. The molecule has 0 atom stereocenters. The standard InChI is InChI=1S/C27H32BrN3O3Si/c1-27(2,3)35(5,6)34-18-20-8-7-9-26(30-20)31-25-15-22(14-24(28)23(25)16-29-31)33-17-19-10-12-21(32-4)13-11-19/h7-16H,17-18H2,1-6H3. The molecule has 0 spiro atoms. The molecule has 0 aliphatic heterocycles. The Morgan fingerprint density at radius 3 is 2.40 bits per heavy atom. The van der Waals surface area contributed by atoms with E-state index in [0.29, 0.717) is 13.2 Å². The van der Waals surface area contributed by atoms with Crippen molar-refractivity contribution in [3.63, 3.8) is 0 Å². The summed E-state index contributed by atoms with van der Waals surface area (Å²) in [5.41, 5.74) is 2.87. The van der Waals surface area contributed by atoms with Crippen LogP contribution in [-0.4, -0.2) is 30.2 Å². The van der Waals surface area contributed by atoms with Gasteiger partial charge in [-0.3, -0.25) is 0 Å². The molecule has 4 aromatic rings. The highest BCUT2D eigenvalue weighted by atomic mass is 79.9. The number of fused-ring (bicyclic) bond motifs is 1. The van der Waals surface area contributed by atoms with Crippen molar-refractivity contribution in [2.24, 2.45) is 0 Å². The Morgan fingerprint density at radius 2 is 1.71 bits per heavy atom. The van der Waals surface area contributed by atoms with Crippen LogP contribution in [0.3, 0.4) is 0 Å². The summed E-state index contributed by atoms with van der Waals surface area (Å²) in [6.45, 7) is 12.2. The number of methoxy groups -OCH3 is 1. The van der Waals surface area contributed by atoms with Gasteiger partial charge in [0.05, 0.1) is 31.1 Å². The minimum Gasteiger partial charge on any atom is -0.497 e. The highest BCUT2D eigenvalue weighted by Gasteiger charge is 2.37. The molecule has 0 saturated carbocycles. The number of halogens is 1. The van der Waals surface area contributed by atoms with Crippen molar-refractivity contribution in [1.29, 1.82) is 0 Å². The summed E-state index contributed by atoms with van der Waals surface area (Å²) in [6.07, 6.45) is 1.84. The number of hydrogen-bond acceptors (Lipinski definition) is 5. The molecule has 0 fully saturated rings. The lowest BCUT2D eigenvalue weighted by Gasteiger charge is -2.36. The minimum atomic E-state index is -1.86. The number of ether oxygens (including phenoxy) is 2. The van der Waals surface area contributed by atoms with E-state index in [1.165, 1.54) is 0 Å². The van der Waals surface area contributed by atoms with E-state index in [9.17, 15) is 0 Å². The maximum Gasteiger partial charge on any atom is 0.192 e. The smallest absolute Gasteiger partial charge is 0.192 e. The lowest BCUT2D eigenvalue weighted by Crippen LogP contribution is -2.40. The van der Waals surface area contributed by atoms with E-state index in [0.717, 1.165) is 43.9 Å². The van der Waals surface area contributed by atoms with Crippen LogP contribution in [0.25, 0.3) is 16.7 Å². The first-order valence-corrected chi connectivity index (χ1v) is 15.3. The number of nitrogens with zero attached hydrogens (tertiary/aromatic N) is 3. The van der Waals surface area contributed by atoms with E-state index < -0.39 is 8.32 Å². The Hall–Kier alpha value is -2.68. The number of hydrogen-bond donors (Lipinski definition) is 0. The molecule has 0 bridgehead atoms. The Balaban J connectivity index is 1.56. The molecule has 8 heteroatoms. The number of rotatable bonds is 8. The highest BCUT2D eigenvalue weighted by Crippen LogP contribution is 2.37. The largest absolute Gasteiger partial charge is 0.497 e. The van der Waals surface area contributed by atoms with Gasteiger partial charge in [-0.25, -0.2) is 9.67 Å². The van der Waals surface area contributed by atoms with Crippen molar-refractivity contribution in [1.82, 2.24) is 14.8 Å². The lowest BCUT2D eigenvalue weighted by atomic mass is 10.2. The Labute approximate surface area is 216 Å². The van der Waals surface area contributed by atoms with Gasteiger partial charge < -0.3 is 13.9 Å². The molecule has 0 unspecified atom stereocenters. The zero-order chi connectivity index (χ0) is 25.2. The molecular formula is C27H32BrN3O3Si. The van der Waals surface area contributed by atoms with E-state index >= 15 is 0 Å². The van der Waals surface area contributed by atoms with Crippen LogP contribution in [0.2, 0.25) is 18.1 Å². The fourth-order valence-electron chi connectivity index (χ4n) is 3.35. The van der Waals surface area contributed by atoms with Crippen LogP contribution in [0.1, 0.15) is 32.0 Å². The summed E-state index contributed by atoms with van der Waals surface area (Å²) in [5, 5.41) is 5.76. The van der Waals surface area contributed by atoms with E-state index in [-0.39, 0.29) is 5.04 Å². The van der Waals surface area contributed by atoms with Crippen LogP contribution in [0, 0.1) is 0 Å². The predicted molar refractivity (Wildman–Crippen MR) is 146 cm³/mol. The van der Waals surface area contributed by atoms with Gasteiger partial charge in [0, 0.05) is 15.9 Å². The molecular weight excluding hydrogens is 522 g/mol. The minimum absolute atomic E-state index is 0.150. The van der Waals surface area contributed by atoms with Crippen molar-refractivity contribution < 1.29 is 13.9 Å². The second-order valence-corrected chi connectivity index (χ2v) is 15.7. The van der Waals surface area contributed by atoms with Gasteiger partial charge in [0.25, 0.3) is 0 Å². The SMILES string of the molecule is COc1ccc(COc2cc(Br)c3cnn(-c4cccc(CO[Si](C)(C)C(C)(C)C)n4)c3c2)cc1. The Kier molecular flexibility index (Phi) is 7.35. The number of benzene rings is 2. The van der Waals surface area contributed by atoms with Crippen LogP contribution in [0.4, 0.5) is 0 Å². The fourth-order valence-corrected chi connectivity index (χ4v) is 4.82. The van der Waals surface area contributed by atoms with Gasteiger partial charge in [-0.2, -0.15) is 5.10 Å². The number of pyridine rings is 1. The molecule has 184 valence electrons. The molecule has 35 heavy (non-hydrogen) atoms. The molecule has 0 radical (unpaired) electrons. The molecule has 0 aliphatic rings. The third-order valence-corrected chi connectivity index (χ3v) is 11.7. The van der Waals surface area contributed by atoms with Crippen LogP contribution < -0.4 is 9.47 Å². The molecule has 2 aromatic carbocycles. The highest BCUT2D eigenvalue weighted by molar-refractivity contribution is 9.10. The van der Waals surface area contributed by atoms with E-state index in [1.54, 1.807) is 7.11 Å². The van der Waals surface area contributed by atoms with Crippen molar-refractivity contribution in [3.8, 4) is 17.3 Å². The Bertz CT molecular complexity index is 1310. The predicted octanol–water partition coefficient (Wildman–Crippen LogP) is 7.29. The fraction of sp³-hybridized carbons (Fsp3) is 0.333. The normalized spacial score (nSPS) is 12.2. The molecule has 0 N–H and O–H groups in total. The van der Waals surface area contributed by atoms with E-state index in [1.807, 2.05) is 65.5 Å². The van der Waals surface area contributed by atoms with Crippen molar-refractivity contribution in [3.05, 3.63) is 76.5 Å². The average Bonchev–Trinajstić information content (AvgIpc) is 3.26. The molecule has 6 nitrogen and oxygen atoms in total. The first-order chi connectivity index (χ1) is 16.6. The summed E-state index contributed by atoms with van der Waals surface area (Å²) in [5.74, 6) is 2.32. The summed E-state index contributed by atoms with van der Waals surface area (Å²) < 4.78 is 20.5. The van der Waals surface area contributed by atoms with Crippen molar-refractivity contribution in [2.45, 2.75) is 52.1 Å².